The average Bonchev–Trinajstić information content (AvgIpc) is 2.63. The molecule has 0 aliphatic carbocycles. The molecule has 5 nitrogen and oxygen atoms in total. The van der Waals surface area contributed by atoms with Crippen LogP contribution in [-0.2, 0) is 19.2 Å². The van der Waals surface area contributed by atoms with Gasteiger partial charge in [-0.05, 0) is 11.8 Å². The fraction of sp³-hybridized carbons (Fsp3) is 0.619. The Bertz CT molecular complexity index is 554. The number of terminal acetylenes is 1. The van der Waals surface area contributed by atoms with Gasteiger partial charge in [0.2, 0.25) is 11.6 Å². The van der Waals surface area contributed by atoms with Gasteiger partial charge in [-0.1, -0.05) is 40.9 Å². The Morgan fingerprint density at radius 2 is 1.19 bits per heavy atom. The van der Waals surface area contributed by atoms with Crippen molar-refractivity contribution >= 4 is 31.2 Å². The van der Waals surface area contributed by atoms with Gasteiger partial charge < -0.3 is 5.11 Å². The summed E-state index contributed by atoms with van der Waals surface area (Å²) >= 11 is 0. The Balaban J connectivity index is -0.000000180. The highest BCUT2D eigenvalue weighted by Crippen LogP contribution is 1.98. The lowest BCUT2D eigenvalue weighted by Gasteiger charge is -2.02. The van der Waals surface area contributed by atoms with Crippen LogP contribution in [0, 0.1) is 23.8 Å². The molecule has 0 fully saturated rings. The molecule has 154 valence electrons. The molecule has 0 heterocycles. The van der Waals surface area contributed by atoms with E-state index >= 15 is 0 Å². The molecule has 0 unspecified atom stereocenters. The summed E-state index contributed by atoms with van der Waals surface area (Å²) in [4.78, 5) is 43.2. The van der Waals surface area contributed by atoms with Crippen LogP contribution in [0.15, 0.2) is 0 Å². The van der Waals surface area contributed by atoms with E-state index in [1.165, 1.54) is 0 Å². The van der Waals surface area contributed by atoms with Crippen molar-refractivity contribution in [1.29, 1.82) is 0 Å². The van der Waals surface area contributed by atoms with Crippen LogP contribution in [0.4, 0.5) is 0 Å². The molecule has 0 rings (SSSR count). The summed E-state index contributed by atoms with van der Waals surface area (Å²) in [5.74, 6) is 4.40. The van der Waals surface area contributed by atoms with Gasteiger partial charge in [-0.2, -0.15) is 0 Å². The number of hydrogen-bond donors (Lipinski definition) is 1. The monoisotopic (exact) mass is 396 g/mol. The van der Waals surface area contributed by atoms with Crippen molar-refractivity contribution in [1.82, 2.24) is 0 Å². The van der Waals surface area contributed by atoms with Crippen molar-refractivity contribution in [2.75, 3.05) is 7.11 Å². The molecule has 27 heavy (non-hydrogen) atoms. The minimum Gasteiger partial charge on any atom is -0.400 e. The number of hydrogen-bond acceptors (Lipinski definition) is 5. The second-order valence-corrected chi connectivity index (χ2v) is 11.0. The Labute approximate surface area is 166 Å². The molecule has 0 atom stereocenters. The quantitative estimate of drug-likeness (QED) is 0.386. The van der Waals surface area contributed by atoms with Crippen LogP contribution in [0.2, 0.25) is 19.6 Å². The van der Waals surface area contributed by atoms with E-state index < -0.39 is 8.07 Å². The lowest BCUT2D eigenvalue weighted by atomic mass is 10.1. The van der Waals surface area contributed by atoms with E-state index in [0.717, 1.165) is 7.11 Å². The standard InChI is InChI=1S/C11H18O2Si.C8H10O2.CH4O.CH4/c1-5-10(12)6-7-11(13)8-9-14(2,3)4;1-3-7(9)5-6-8(10)4-2;1-2;/h5-7H2,1-4H3;1H,4-6H2,2H3;2H,1H3;1H4. The van der Waals surface area contributed by atoms with Crippen molar-refractivity contribution in [2.24, 2.45) is 0 Å². The van der Waals surface area contributed by atoms with Gasteiger partial charge in [0.25, 0.3) is 0 Å². The summed E-state index contributed by atoms with van der Waals surface area (Å²) in [6.07, 6.45) is 6.90. The van der Waals surface area contributed by atoms with Crippen molar-refractivity contribution in [2.45, 2.75) is 79.4 Å². The average molecular weight is 397 g/mol. The molecule has 1 N–H and O–H groups in total. The maximum atomic E-state index is 11.2. The zero-order valence-electron chi connectivity index (χ0n) is 16.9. The van der Waals surface area contributed by atoms with Crippen molar-refractivity contribution in [3.63, 3.8) is 0 Å². The van der Waals surface area contributed by atoms with Gasteiger partial charge in [0, 0.05) is 45.6 Å². The summed E-state index contributed by atoms with van der Waals surface area (Å²) in [7, 11) is -0.451. The van der Waals surface area contributed by atoms with E-state index in [2.05, 4.69) is 31.1 Å². The zero-order chi connectivity index (χ0) is 21.2. The minimum absolute atomic E-state index is 0. The number of carbonyl (C=O) groups is 4. The lowest BCUT2D eigenvalue weighted by molar-refractivity contribution is -0.121. The van der Waals surface area contributed by atoms with E-state index in [9.17, 15) is 19.2 Å². The highest BCUT2D eigenvalue weighted by Gasteiger charge is 2.09. The predicted molar refractivity (Wildman–Crippen MR) is 114 cm³/mol. The largest absolute Gasteiger partial charge is 0.400 e. The van der Waals surface area contributed by atoms with E-state index in [1.807, 2.05) is 5.92 Å². The highest BCUT2D eigenvalue weighted by atomic mass is 28.3. The Kier molecular flexibility index (Phi) is 24.5. The van der Waals surface area contributed by atoms with Gasteiger partial charge in [-0.15, -0.1) is 12.0 Å². The van der Waals surface area contributed by atoms with Gasteiger partial charge in [0.05, 0.1) is 0 Å². The molecule has 0 aliphatic rings. The molecule has 0 aliphatic heterocycles. The van der Waals surface area contributed by atoms with E-state index in [0.29, 0.717) is 25.7 Å². The number of ketones is 4. The summed E-state index contributed by atoms with van der Waals surface area (Å²) < 4.78 is 0. The molecule has 0 aromatic heterocycles. The molecule has 0 saturated carbocycles. The van der Waals surface area contributed by atoms with E-state index in [-0.39, 0.29) is 43.4 Å². The molecule has 0 amide bonds. The molecule has 0 radical (unpaired) electrons. The minimum atomic E-state index is -1.45. The highest BCUT2D eigenvalue weighted by molar-refractivity contribution is 6.84. The third-order valence-electron chi connectivity index (χ3n) is 2.79. The molecule has 0 bridgehead atoms. The smallest absolute Gasteiger partial charge is 0.205 e. The third-order valence-corrected chi connectivity index (χ3v) is 3.66. The van der Waals surface area contributed by atoms with Crippen LogP contribution in [0.5, 0.6) is 0 Å². The lowest BCUT2D eigenvalue weighted by Crippen LogP contribution is -2.17. The summed E-state index contributed by atoms with van der Waals surface area (Å²) in [5, 5.41) is 7.00. The fourth-order valence-corrected chi connectivity index (χ4v) is 1.77. The molecule has 6 heteroatoms. The molecule has 0 spiro atoms. The van der Waals surface area contributed by atoms with Crippen LogP contribution in [-0.4, -0.2) is 43.4 Å². The van der Waals surface area contributed by atoms with E-state index in [4.69, 9.17) is 11.5 Å². The fourth-order valence-electron chi connectivity index (χ4n) is 1.25. The normalized spacial score (nSPS) is 8.67. The summed E-state index contributed by atoms with van der Waals surface area (Å²) in [6, 6.07) is 0. The number of carbonyl (C=O) groups excluding carboxylic acids is 4. The van der Waals surface area contributed by atoms with Crippen molar-refractivity contribution in [3.05, 3.63) is 0 Å². The first kappa shape index (κ1) is 32.6. The number of rotatable bonds is 8. The predicted octanol–water partition coefficient (Wildman–Crippen LogP) is 3.39. The molecule has 0 aromatic rings. The number of aliphatic hydroxyl groups is 1. The zero-order valence-corrected chi connectivity index (χ0v) is 17.9. The first-order chi connectivity index (χ1) is 12.1. The van der Waals surface area contributed by atoms with Crippen molar-refractivity contribution in [3.8, 4) is 23.8 Å². The second kappa shape index (κ2) is 20.3. The Morgan fingerprint density at radius 1 is 0.815 bits per heavy atom. The summed E-state index contributed by atoms with van der Waals surface area (Å²) in [6.45, 7) is 9.84. The van der Waals surface area contributed by atoms with Crippen LogP contribution in [0.25, 0.3) is 0 Å². The van der Waals surface area contributed by atoms with Gasteiger partial charge in [-0.3, -0.25) is 19.2 Å². The number of aliphatic hydroxyl groups excluding tert-OH is 1. The van der Waals surface area contributed by atoms with Gasteiger partial charge in [-0.25, -0.2) is 0 Å². The Morgan fingerprint density at radius 3 is 1.48 bits per heavy atom. The molecule has 0 saturated heterocycles. The summed E-state index contributed by atoms with van der Waals surface area (Å²) in [5.41, 5.74) is 2.99. The maximum absolute atomic E-state index is 11.2. The number of Topliss-reactive ketones (excluding diaryl/α,β-unsaturated/α-hetero) is 4. The SMILES string of the molecule is C.C#CC(=O)CCC(=O)CC.CCC(=O)CCC(=O)C#C[Si](C)(C)C.CO. The van der Waals surface area contributed by atoms with Crippen LogP contribution in [0.3, 0.4) is 0 Å². The second-order valence-electron chi connectivity index (χ2n) is 6.28. The Hall–Kier alpha value is -2.02. The first-order valence-electron chi connectivity index (χ1n) is 8.59. The van der Waals surface area contributed by atoms with Crippen LogP contribution >= 0.6 is 0 Å². The van der Waals surface area contributed by atoms with Crippen LogP contribution in [0.1, 0.15) is 59.8 Å². The van der Waals surface area contributed by atoms with Crippen molar-refractivity contribution < 1.29 is 24.3 Å². The third kappa shape index (κ3) is 29.0. The topological polar surface area (TPSA) is 88.5 Å². The molecule has 0 aromatic carbocycles. The van der Waals surface area contributed by atoms with E-state index in [1.54, 1.807) is 13.8 Å². The van der Waals surface area contributed by atoms with Gasteiger partial charge in [0.15, 0.2) is 0 Å². The van der Waals surface area contributed by atoms with Crippen LogP contribution < -0.4 is 0 Å². The van der Waals surface area contributed by atoms with Gasteiger partial charge in [0.1, 0.15) is 19.6 Å². The molecular weight excluding hydrogens is 360 g/mol. The van der Waals surface area contributed by atoms with Gasteiger partial charge >= 0.3 is 0 Å². The first-order valence-corrected chi connectivity index (χ1v) is 12.1. The maximum Gasteiger partial charge on any atom is 0.205 e. The molecular formula is C21H36O5Si.